The minimum atomic E-state index is -0.281. The lowest BCUT2D eigenvalue weighted by atomic mass is 10.0. The second-order valence-electron chi connectivity index (χ2n) is 5.21. The molecule has 0 spiro atoms. The summed E-state index contributed by atoms with van der Waals surface area (Å²) in [5, 5.41) is 0.760. The number of hydrogen-bond donors (Lipinski definition) is 0. The molecule has 0 aliphatic heterocycles. The van der Waals surface area contributed by atoms with Gasteiger partial charge in [-0.1, -0.05) is 43.7 Å². The third-order valence-corrected chi connectivity index (χ3v) is 3.77. The van der Waals surface area contributed by atoms with Gasteiger partial charge in [0.1, 0.15) is 11.6 Å². The van der Waals surface area contributed by atoms with Crippen LogP contribution in [0.4, 0.5) is 8.78 Å². The van der Waals surface area contributed by atoms with E-state index in [9.17, 15) is 8.78 Å². The molecule has 3 aromatic rings. The number of aromatic nitrogens is 1. The highest BCUT2D eigenvalue weighted by Crippen LogP contribution is 2.33. The van der Waals surface area contributed by atoms with Gasteiger partial charge in [0.05, 0.1) is 5.52 Å². The normalized spacial score (nSPS) is 11.2. The summed E-state index contributed by atoms with van der Waals surface area (Å²) in [6.45, 7) is 2.84. The number of hydrogen-bond acceptors (Lipinski definition) is 0. The Hall–Kier alpha value is -2.16. The van der Waals surface area contributed by atoms with Crippen LogP contribution in [0.5, 0.6) is 0 Å². The summed E-state index contributed by atoms with van der Waals surface area (Å²) in [4.78, 5) is 0. The first-order valence-corrected chi connectivity index (χ1v) is 7.24. The van der Waals surface area contributed by atoms with Crippen LogP contribution in [-0.4, -0.2) is 4.57 Å². The standard InChI is InChI=1S/C18H17F2N/c1-2-3-11-21-12-15(13-7-4-5-9-16(13)19)14-8-6-10-17(20)18(14)21/h4-10,12H,2-3,11H2,1H3. The third-order valence-electron chi connectivity index (χ3n) is 3.77. The quantitative estimate of drug-likeness (QED) is 0.606. The number of para-hydroxylation sites is 1. The average Bonchev–Trinajstić information content (AvgIpc) is 2.86. The molecular formula is C18H17F2N. The summed E-state index contributed by atoms with van der Waals surface area (Å²) < 4.78 is 30.1. The molecule has 0 amide bonds. The van der Waals surface area contributed by atoms with E-state index in [-0.39, 0.29) is 11.6 Å². The summed E-state index contributed by atoms with van der Waals surface area (Å²) in [7, 11) is 0. The molecule has 2 aromatic carbocycles. The first-order chi connectivity index (χ1) is 10.2. The van der Waals surface area contributed by atoms with Crippen molar-refractivity contribution in [2.24, 2.45) is 0 Å². The number of aryl methyl sites for hydroxylation is 1. The molecule has 1 nitrogen and oxygen atoms in total. The zero-order valence-corrected chi connectivity index (χ0v) is 11.9. The molecule has 3 rings (SSSR count). The van der Waals surface area contributed by atoms with Crippen LogP contribution < -0.4 is 0 Å². The number of benzene rings is 2. The molecule has 0 aliphatic rings. The van der Waals surface area contributed by atoms with Gasteiger partial charge in [-0.3, -0.25) is 0 Å². The molecule has 0 saturated heterocycles. The van der Waals surface area contributed by atoms with Crippen molar-refractivity contribution in [2.75, 3.05) is 0 Å². The second-order valence-corrected chi connectivity index (χ2v) is 5.21. The SMILES string of the molecule is CCCCn1cc(-c2ccccc2F)c2cccc(F)c21. The highest BCUT2D eigenvalue weighted by Gasteiger charge is 2.15. The highest BCUT2D eigenvalue weighted by atomic mass is 19.1. The predicted molar refractivity (Wildman–Crippen MR) is 82.2 cm³/mol. The van der Waals surface area contributed by atoms with Gasteiger partial charge in [-0.15, -0.1) is 0 Å². The molecule has 3 heteroatoms. The predicted octanol–water partition coefficient (Wildman–Crippen LogP) is 5.39. The van der Waals surface area contributed by atoms with E-state index in [1.165, 1.54) is 12.1 Å². The van der Waals surface area contributed by atoms with Crippen molar-refractivity contribution in [3.63, 3.8) is 0 Å². The molecule has 0 N–H and O–H groups in total. The maximum atomic E-state index is 14.2. The lowest BCUT2D eigenvalue weighted by Crippen LogP contribution is -1.96. The molecule has 0 aliphatic carbocycles. The number of fused-ring (bicyclic) bond motifs is 1. The summed E-state index contributed by atoms with van der Waals surface area (Å²) in [6, 6.07) is 11.6. The van der Waals surface area contributed by atoms with Crippen LogP contribution in [0.25, 0.3) is 22.0 Å². The first-order valence-electron chi connectivity index (χ1n) is 7.24. The van der Waals surface area contributed by atoms with Crippen molar-refractivity contribution in [1.82, 2.24) is 4.57 Å². The van der Waals surface area contributed by atoms with E-state index in [2.05, 4.69) is 6.92 Å². The van der Waals surface area contributed by atoms with E-state index in [4.69, 9.17) is 0 Å². The maximum Gasteiger partial charge on any atom is 0.147 e. The lowest BCUT2D eigenvalue weighted by Gasteiger charge is -2.04. The van der Waals surface area contributed by atoms with Gasteiger partial charge in [-0.25, -0.2) is 8.78 Å². The van der Waals surface area contributed by atoms with Gasteiger partial charge in [0, 0.05) is 29.3 Å². The fourth-order valence-electron chi connectivity index (χ4n) is 2.71. The van der Waals surface area contributed by atoms with Crippen molar-refractivity contribution < 1.29 is 8.78 Å². The minimum absolute atomic E-state index is 0.258. The molecule has 0 saturated carbocycles. The van der Waals surface area contributed by atoms with Crippen LogP contribution in [0.3, 0.4) is 0 Å². The van der Waals surface area contributed by atoms with E-state index in [1.807, 2.05) is 16.8 Å². The maximum absolute atomic E-state index is 14.2. The van der Waals surface area contributed by atoms with Gasteiger partial charge in [0.25, 0.3) is 0 Å². The molecule has 0 unspecified atom stereocenters. The van der Waals surface area contributed by atoms with E-state index < -0.39 is 0 Å². The molecule has 1 aromatic heterocycles. The Kier molecular flexibility index (Phi) is 3.74. The summed E-state index contributed by atoms with van der Waals surface area (Å²) in [6.07, 6.45) is 3.86. The molecule has 0 fully saturated rings. The van der Waals surface area contributed by atoms with Gasteiger partial charge < -0.3 is 4.57 Å². The summed E-state index contributed by atoms with van der Waals surface area (Å²) >= 11 is 0. The Morgan fingerprint density at radius 3 is 2.43 bits per heavy atom. The molecule has 0 bridgehead atoms. The van der Waals surface area contributed by atoms with Crippen LogP contribution >= 0.6 is 0 Å². The smallest absolute Gasteiger partial charge is 0.147 e. The topological polar surface area (TPSA) is 4.93 Å². The van der Waals surface area contributed by atoms with E-state index in [0.717, 1.165) is 30.3 Å². The number of nitrogens with zero attached hydrogens (tertiary/aromatic N) is 1. The van der Waals surface area contributed by atoms with E-state index >= 15 is 0 Å². The highest BCUT2D eigenvalue weighted by molar-refractivity contribution is 5.96. The Bertz CT molecular complexity index is 774. The number of unbranched alkanes of at least 4 members (excludes halogenated alkanes) is 1. The fourth-order valence-corrected chi connectivity index (χ4v) is 2.71. The monoisotopic (exact) mass is 285 g/mol. The van der Waals surface area contributed by atoms with E-state index in [1.54, 1.807) is 24.3 Å². The Morgan fingerprint density at radius 1 is 0.905 bits per heavy atom. The van der Waals surface area contributed by atoms with Crippen molar-refractivity contribution in [1.29, 1.82) is 0 Å². The molecular weight excluding hydrogens is 268 g/mol. The van der Waals surface area contributed by atoms with Crippen LogP contribution in [0.15, 0.2) is 48.7 Å². The minimum Gasteiger partial charge on any atom is -0.344 e. The molecule has 0 radical (unpaired) electrons. The number of rotatable bonds is 4. The third kappa shape index (κ3) is 2.44. The molecule has 0 atom stereocenters. The van der Waals surface area contributed by atoms with Crippen molar-refractivity contribution >= 4 is 10.9 Å². The summed E-state index contributed by atoms with van der Waals surface area (Å²) in [5.41, 5.74) is 1.83. The average molecular weight is 285 g/mol. The van der Waals surface area contributed by atoms with Gasteiger partial charge in [-0.05, 0) is 18.6 Å². The zero-order chi connectivity index (χ0) is 14.8. The van der Waals surface area contributed by atoms with Gasteiger partial charge >= 0.3 is 0 Å². The van der Waals surface area contributed by atoms with Crippen LogP contribution in [0.2, 0.25) is 0 Å². The molecule has 108 valence electrons. The summed E-state index contributed by atoms with van der Waals surface area (Å²) in [5.74, 6) is -0.539. The number of halogens is 2. The van der Waals surface area contributed by atoms with Crippen molar-refractivity contribution in [3.8, 4) is 11.1 Å². The lowest BCUT2D eigenvalue weighted by molar-refractivity contribution is 0.607. The van der Waals surface area contributed by atoms with Gasteiger partial charge in [-0.2, -0.15) is 0 Å². The molecule has 1 heterocycles. The van der Waals surface area contributed by atoms with Gasteiger partial charge in [0.15, 0.2) is 0 Å². The van der Waals surface area contributed by atoms with E-state index in [0.29, 0.717) is 11.1 Å². The zero-order valence-electron chi connectivity index (χ0n) is 11.9. The fraction of sp³-hybridized carbons (Fsp3) is 0.222. The Morgan fingerprint density at radius 2 is 1.67 bits per heavy atom. The van der Waals surface area contributed by atoms with Crippen molar-refractivity contribution in [3.05, 3.63) is 60.3 Å². The second kappa shape index (κ2) is 5.68. The Balaban J connectivity index is 2.24. The van der Waals surface area contributed by atoms with Crippen LogP contribution in [0, 0.1) is 11.6 Å². The van der Waals surface area contributed by atoms with Gasteiger partial charge in [0.2, 0.25) is 0 Å². The largest absolute Gasteiger partial charge is 0.344 e. The Labute approximate surface area is 122 Å². The molecule has 21 heavy (non-hydrogen) atoms. The van der Waals surface area contributed by atoms with Crippen LogP contribution in [0.1, 0.15) is 19.8 Å². The van der Waals surface area contributed by atoms with Crippen molar-refractivity contribution in [2.45, 2.75) is 26.3 Å². The van der Waals surface area contributed by atoms with Crippen LogP contribution in [-0.2, 0) is 6.54 Å². The first kappa shape index (κ1) is 13.8.